The summed E-state index contributed by atoms with van der Waals surface area (Å²) in [5.41, 5.74) is 2.03. The van der Waals surface area contributed by atoms with Gasteiger partial charge >= 0.3 is 0 Å². The fourth-order valence-corrected chi connectivity index (χ4v) is 2.38. The van der Waals surface area contributed by atoms with Gasteiger partial charge in [-0.1, -0.05) is 0 Å². The minimum absolute atomic E-state index is 0.227. The van der Waals surface area contributed by atoms with Gasteiger partial charge in [-0.25, -0.2) is 13.8 Å². The van der Waals surface area contributed by atoms with E-state index < -0.39 is 0 Å². The number of nitrogens with zero attached hydrogens (tertiary/aromatic N) is 4. The SMILES string of the molecule is COc1c(NC(=O)c2ccn(-c3ccc(F)cc3)n2)c(C)nn1C. The Morgan fingerprint density at radius 3 is 2.58 bits per heavy atom. The summed E-state index contributed by atoms with van der Waals surface area (Å²) in [5.74, 6) is -0.257. The molecule has 3 rings (SSSR count). The number of benzene rings is 1. The Balaban J connectivity index is 1.83. The van der Waals surface area contributed by atoms with Crippen LogP contribution in [0.25, 0.3) is 5.69 Å². The fourth-order valence-electron chi connectivity index (χ4n) is 2.38. The van der Waals surface area contributed by atoms with E-state index in [1.165, 1.54) is 23.9 Å². The molecule has 1 N–H and O–H groups in total. The molecule has 0 aliphatic carbocycles. The Hall–Kier alpha value is -3.16. The monoisotopic (exact) mass is 329 g/mol. The minimum atomic E-state index is -0.384. The third kappa shape index (κ3) is 2.85. The number of ether oxygens (including phenoxy) is 1. The molecule has 3 aromatic rings. The second kappa shape index (κ2) is 6.15. The summed E-state index contributed by atoms with van der Waals surface area (Å²) in [5, 5.41) is 11.2. The average molecular weight is 329 g/mol. The Kier molecular flexibility index (Phi) is 4.03. The van der Waals surface area contributed by atoms with Crippen LogP contribution in [0, 0.1) is 12.7 Å². The highest BCUT2D eigenvalue weighted by atomic mass is 19.1. The van der Waals surface area contributed by atoms with Crippen molar-refractivity contribution in [2.45, 2.75) is 6.92 Å². The van der Waals surface area contributed by atoms with Gasteiger partial charge in [0.05, 0.1) is 18.5 Å². The van der Waals surface area contributed by atoms with Crippen molar-refractivity contribution in [3.05, 3.63) is 53.7 Å². The average Bonchev–Trinajstić information content (AvgIpc) is 3.14. The quantitative estimate of drug-likeness (QED) is 0.797. The predicted molar refractivity (Wildman–Crippen MR) is 86.0 cm³/mol. The van der Waals surface area contributed by atoms with Gasteiger partial charge in [-0.05, 0) is 37.3 Å². The molecule has 0 atom stereocenters. The van der Waals surface area contributed by atoms with Crippen molar-refractivity contribution in [1.82, 2.24) is 19.6 Å². The molecule has 0 spiro atoms. The van der Waals surface area contributed by atoms with Gasteiger partial charge in [-0.3, -0.25) is 4.79 Å². The number of hydrogen-bond acceptors (Lipinski definition) is 4. The van der Waals surface area contributed by atoms with Gasteiger partial charge in [0.25, 0.3) is 5.91 Å². The van der Waals surface area contributed by atoms with Gasteiger partial charge < -0.3 is 10.1 Å². The number of aromatic nitrogens is 4. The largest absolute Gasteiger partial charge is 0.480 e. The molecule has 2 aromatic heterocycles. The van der Waals surface area contributed by atoms with Crippen LogP contribution in [0.4, 0.5) is 10.1 Å². The molecule has 0 aliphatic rings. The molecule has 24 heavy (non-hydrogen) atoms. The van der Waals surface area contributed by atoms with E-state index in [4.69, 9.17) is 4.74 Å². The van der Waals surface area contributed by atoms with Crippen LogP contribution in [-0.2, 0) is 7.05 Å². The van der Waals surface area contributed by atoms with Crippen LogP contribution in [0.3, 0.4) is 0 Å². The molecule has 1 aromatic carbocycles. The topological polar surface area (TPSA) is 74.0 Å². The maximum absolute atomic E-state index is 13.0. The van der Waals surface area contributed by atoms with Crippen LogP contribution in [-0.4, -0.2) is 32.6 Å². The van der Waals surface area contributed by atoms with Crippen LogP contribution >= 0.6 is 0 Å². The molecule has 7 nitrogen and oxygen atoms in total. The van der Waals surface area contributed by atoms with Gasteiger partial charge in [0, 0.05) is 13.2 Å². The normalized spacial score (nSPS) is 10.7. The highest BCUT2D eigenvalue weighted by molar-refractivity contribution is 6.03. The van der Waals surface area contributed by atoms with Crippen molar-refractivity contribution in [2.75, 3.05) is 12.4 Å². The molecule has 0 unspecified atom stereocenters. The minimum Gasteiger partial charge on any atom is -0.480 e. The van der Waals surface area contributed by atoms with Crippen molar-refractivity contribution in [3.8, 4) is 11.6 Å². The van der Waals surface area contributed by atoms with Gasteiger partial charge in [0.1, 0.15) is 11.5 Å². The lowest BCUT2D eigenvalue weighted by Gasteiger charge is -2.06. The highest BCUT2D eigenvalue weighted by Gasteiger charge is 2.18. The predicted octanol–water partition coefficient (Wildman–Crippen LogP) is 2.31. The molecule has 8 heteroatoms. The highest BCUT2D eigenvalue weighted by Crippen LogP contribution is 2.27. The Morgan fingerprint density at radius 2 is 1.92 bits per heavy atom. The van der Waals surface area contributed by atoms with E-state index in [0.717, 1.165) is 0 Å². The zero-order valence-corrected chi connectivity index (χ0v) is 13.4. The molecule has 0 saturated carbocycles. The molecule has 0 saturated heterocycles. The van der Waals surface area contributed by atoms with Crippen molar-refractivity contribution >= 4 is 11.6 Å². The van der Waals surface area contributed by atoms with E-state index in [0.29, 0.717) is 22.9 Å². The Labute approximate surface area is 137 Å². The lowest BCUT2D eigenvalue weighted by atomic mass is 10.3. The summed E-state index contributed by atoms with van der Waals surface area (Å²) in [6.07, 6.45) is 1.63. The first-order chi connectivity index (χ1) is 11.5. The van der Waals surface area contributed by atoms with E-state index in [1.807, 2.05) is 0 Å². The molecular formula is C16H16FN5O2. The Morgan fingerprint density at radius 1 is 1.21 bits per heavy atom. The number of anilines is 1. The smallest absolute Gasteiger partial charge is 0.276 e. The van der Waals surface area contributed by atoms with Crippen LogP contribution < -0.4 is 10.1 Å². The number of rotatable bonds is 4. The van der Waals surface area contributed by atoms with Gasteiger partial charge in [-0.15, -0.1) is 0 Å². The second-order valence-corrected chi connectivity index (χ2v) is 5.17. The molecule has 124 valence electrons. The summed E-state index contributed by atoms with van der Waals surface area (Å²) in [7, 11) is 3.24. The van der Waals surface area contributed by atoms with Gasteiger partial charge in [0.2, 0.25) is 5.88 Å². The number of hydrogen-bond donors (Lipinski definition) is 1. The van der Waals surface area contributed by atoms with Crippen LogP contribution in [0.1, 0.15) is 16.2 Å². The van der Waals surface area contributed by atoms with Crippen LogP contribution in [0.5, 0.6) is 5.88 Å². The van der Waals surface area contributed by atoms with E-state index in [9.17, 15) is 9.18 Å². The van der Waals surface area contributed by atoms with E-state index in [2.05, 4.69) is 15.5 Å². The molecule has 0 bridgehead atoms. The first-order valence-corrected chi connectivity index (χ1v) is 7.20. The number of amides is 1. The van der Waals surface area contributed by atoms with Gasteiger partial charge in [0.15, 0.2) is 5.69 Å². The fraction of sp³-hybridized carbons (Fsp3) is 0.188. The number of methoxy groups -OCH3 is 1. The lowest BCUT2D eigenvalue weighted by molar-refractivity contribution is 0.102. The maximum Gasteiger partial charge on any atom is 0.276 e. The summed E-state index contributed by atoms with van der Waals surface area (Å²) < 4.78 is 21.3. The number of carbonyl (C=O) groups excluding carboxylic acids is 1. The Bertz CT molecular complexity index is 883. The third-order valence-corrected chi connectivity index (χ3v) is 3.51. The zero-order valence-electron chi connectivity index (χ0n) is 13.4. The summed E-state index contributed by atoms with van der Waals surface area (Å²) in [6.45, 7) is 1.77. The van der Waals surface area contributed by atoms with Crippen LogP contribution in [0.2, 0.25) is 0 Å². The van der Waals surface area contributed by atoms with Crippen LogP contribution in [0.15, 0.2) is 36.5 Å². The van der Waals surface area contributed by atoms with Crippen molar-refractivity contribution in [3.63, 3.8) is 0 Å². The summed E-state index contributed by atoms with van der Waals surface area (Å²) in [4.78, 5) is 12.4. The molecule has 0 aliphatic heterocycles. The van der Waals surface area contributed by atoms with Crippen molar-refractivity contribution in [2.24, 2.45) is 7.05 Å². The van der Waals surface area contributed by atoms with Crippen molar-refractivity contribution in [1.29, 1.82) is 0 Å². The van der Waals surface area contributed by atoms with Crippen molar-refractivity contribution < 1.29 is 13.9 Å². The number of nitrogens with one attached hydrogen (secondary N) is 1. The molecular weight excluding hydrogens is 313 g/mol. The second-order valence-electron chi connectivity index (χ2n) is 5.17. The first kappa shape index (κ1) is 15.7. The lowest BCUT2D eigenvalue weighted by Crippen LogP contribution is -2.14. The maximum atomic E-state index is 13.0. The van der Waals surface area contributed by atoms with E-state index in [-0.39, 0.29) is 17.4 Å². The zero-order chi connectivity index (χ0) is 17.3. The molecule has 1 amide bonds. The number of halogens is 1. The summed E-state index contributed by atoms with van der Waals surface area (Å²) >= 11 is 0. The van der Waals surface area contributed by atoms with E-state index in [1.54, 1.807) is 43.0 Å². The third-order valence-electron chi connectivity index (χ3n) is 3.51. The number of carbonyl (C=O) groups is 1. The standard InChI is InChI=1S/C16H16FN5O2/c1-10-14(16(24-3)21(2)19-10)18-15(23)13-8-9-22(20-13)12-6-4-11(17)5-7-12/h4-9H,1-3H3,(H,18,23). The first-order valence-electron chi connectivity index (χ1n) is 7.20. The number of aryl methyl sites for hydroxylation is 2. The summed E-state index contributed by atoms with van der Waals surface area (Å²) in [6, 6.07) is 7.41. The van der Waals surface area contributed by atoms with E-state index >= 15 is 0 Å². The molecule has 2 heterocycles. The van der Waals surface area contributed by atoms with Gasteiger partial charge in [-0.2, -0.15) is 10.2 Å². The molecule has 0 fully saturated rings. The molecule has 0 radical (unpaired) electrons.